The lowest BCUT2D eigenvalue weighted by molar-refractivity contribution is 0.148. The number of aliphatic hydroxyl groups is 1. The zero-order valence-electron chi connectivity index (χ0n) is 6.80. The first kappa shape index (κ1) is 7.80. The molecule has 0 saturated heterocycles. The van der Waals surface area contributed by atoms with Crippen LogP contribution in [-0.2, 0) is 0 Å². The van der Waals surface area contributed by atoms with Crippen molar-refractivity contribution in [1.82, 2.24) is 0 Å². The predicted molar refractivity (Wildman–Crippen MR) is 42.8 cm³/mol. The summed E-state index contributed by atoms with van der Waals surface area (Å²) in [6, 6.07) is 0. The summed E-state index contributed by atoms with van der Waals surface area (Å²) in [6.45, 7) is 4.25. The van der Waals surface area contributed by atoms with E-state index in [1.807, 2.05) is 6.08 Å². The average molecular weight is 140 g/mol. The van der Waals surface area contributed by atoms with Gasteiger partial charge in [0.1, 0.15) is 0 Å². The number of allylic oxidation sites excluding steroid dienone is 1. The molecule has 1 aliphatic rings. The molecule has 1 aliphatic carbocycles. The topological polar surface area (TPSA) is 20.2 Å². The molecule has 0 radical (unpaired) electrons. The lowest BCUT2D eigenvalue weighted by Crippen LogP contribution is -2.19. The molecule has 0 amide bonds. The fraction of sp³-hybridized carbons (Fsp3) is 0.778. The first-order valence-corrected chi connectivity index (χ1v) is 4.11. The Labute approximate surface area is 62.8 Å². The van der Waals surface area contributed by atoms with Crippen molar-refractivity contribution in [1.29, 1.82) is 0 Å². The van der Waals surface area contributed by atoms with Crippen LogP contribution in [0.2, 0.25) is 0 Å². The Morgan fingerprint density at radius 2 is 2.40 bits per heavy atom. The average Bonchev–Trinajstić information content (AvgIpc) is 1.95. The molecule has 0 aromatic rings. The molecule has 1 nitrogen and oxygen atoms in total. The Morgan fingerprint density at radius 1 is 1.70 bits per heavy atom. The van der Waals surface area contributed by atoms with Gasteiger partial charge in [-0.15, -0.1) is 0 Å². The quantitative estimate of drug-likeness (QED) is 0.553. The van der Waals surface area contributed by atoms with Gasteiger partial charge in [-0.2, -0.15) is 0 Å². The molecule has 58 valence electrons. The Hall–Kier alpha value is -0.300. The van der Waals surface area contributed by atoms with Crippen LogP contribution in [-0.4, -0.2) is 11.2 Å². The van der Waals surface area contributed by atoms with Crippen LogP contribution in [0.5, 0.6) is 0 Å². The van der Waals surface area contributed by atoms with Crippen molar-refractivity contribution in [2.75, 3.05) is 0 Å². The van der Waals surface area contributed by atoms with E-state index >= 15 is 0 Å². The summed E-state index contributed by atoms with van der Waals surface area (Å²) in [6.07, 6.45) is 5.29. The fourth-order valence-electron chi connectivity index (χ4n) is 1.37. The van der Waals surface area contributed by atoms with Crippen LogP contribution in [0.3, 0.4) is 0 Å². The highest BCUT2D eigenvalue weighted by Crippen LogP contribution is 2.24. The Bertz CT molecular complexity index is 138. The van der Waals surface area contributed by atoms with Gasteiger partial charge in [0, 0.05) is 0 Å². The molecule has 1 unspecified atom stereocenters. The molecule has 0 bridgehead atoms. The van der Waals surface area contributed by atoms with Crippen LogP contribution >= 0.6 is 0 Å². The van der Waals surface area contributed by atoms with Gasteiger partial charge in [-0.3, -0.25) is 0 Å². The second-order valence-corrected chi connectivity index (χ2v) is 3.19. The minimum Gasteiger partial charge on any atom is -0.389 e. The van der Waals surface area contributed by atoms with Gasteiger partial charge in [0.05, 0.1) is 6.10 Å². The Morgan fingerprint density at radius 3 is 2.90 bits per heavy atom. The summed E-state index contributed by atoms with van der Waals surface area (Å²) in [5.41, 5.74) is 1.42. The van der Waals surface area contributed by atoms with Crippen LogP contribution < -0.4 is 0 Å². The third-order valence-corrected chi connectivity index (χ3v) is 2.36. The maximum absolute atomic E-state index is 9.40. The van der Waals surface area contributed by atoms with E-state index in [0.717, 1.165) is 12.8 Å². The summed E-state index contributed by atoms with van der Waals surface area (Å²) in [7, 11) is 0. The first-order chi connectivity index (χ1) is 4.74. The van der Waals surface area contributed by atoms with Crippen LogP contribution in [0.4, 0.5) is 0 Å². The van der Waals surface area contributed by atoms with E-state index in [9.17, 15) is 5.11 Å². The van der Waals surface area contributed by atoms with Crippen molar-refractivity contribution in [2.24, 2.45) is 5.92 Å². The second-order valence-electron chi connectivity index (χ2n) is 3.19. The molecular weight excluding hydrogens is 124 g/mol. The molecule has 0 aromatic carbocycles. The first-order valence-electron chi connectivity index (χ1n) is 4.11. The van der Waals surface area contributed by atoms with Crippen molar-refractivity contribution in [3.63, 3.8) is 0 Å². The highest BCUT2D eigenvalue weighted by molar-refractivity contribution is 5.09. The van der Waals surface area contributed by atoms with E-state index in [1.165, 1.54) is 12.0 Å². The van der Waals surface area contributed by atoms with Crippen molar-refractivity contribution >= 4 is 0 Å². The summed E-state index contributed by atoms with van der Waals surface area (Å²) in [5.74, 6) is 0.468. The number of rotatable bonds is 1. The van der Waals surface area contributed by atoms with Gasteiger partial charge in [0.15, 0.2) is 0 Å². The third-order valence-electron chi connectivity index (χ3n) is 2.36. The van der Waals surface area contributed by atoms with Gasteiger partial charge >= 0.3 is 0 Å². The molecule has 2 atom stereocenters. The lowest BCUT2D eigenvalue weighted by atomic mass is 9.88. The van der Waals surface area contributed by atoms with Gasteiger partial charge in [0.2, 0.25) is 0 Å². The summed E-state index contributed by atoms with van der Waals surface area (Å²) >= 11 is 0. The number of hydrogen-bond acceptors (Lipinski definition) is 1. The predicted octanol–water partition coefficient (Wildman–Crippen LogP) is 2.11. The van der Waals surface area contributed by atoms with Gasteiger partial charge in [-0.25, -0.2) is 0 Å². The maximum atomic E-state index is 9.40. The zero-order chi connectivity index (χ0) is 7.56. The molecule has 0 heterocycles. The van der Waals surface area contributed by atoms with Gasteiger partial charge in [0.25, 0.3) is 0 Å². The molecule has 1 N–H and O–H groups in total. The number of hydrogen-bond donors (Lipinski definition) is 1. The van der Waals surface area contributed by atoms with E-state index in [1.54, 1.807) is 0 Å². The normalized spacial score (nSPS) is 33.7. The highest BCUT2D eigenvalue weighted by Gasteiger charge is 2.17. The standard InChI is InChI=1S/C9H16O/c1-3-8-5-4-7(2)9(10)6-8/h6-7,9-10H,3-5H2,1-2H3/t7-,9?/m1/s1. The fourth-order valence-corrected chi connectivity index (χ4v) is 1.37. The van der Waals surface area contributed by atoms with Gasteiger partial charge in [-0.05, 0) is 25.2 Å². The zero-order valence-corrected chi connectivity index (χ0v) is 6.80. The summed E-state index contributed by atoms with van der Waals surface area (Å²) in [5, 5.41) is 9.40. The van der Waals surface area contributed by atoms with Crippen molar-refractivity contribution in [3.05, 3.63) is 11.6 Å². The Kier molecular flexibility index (Phi) is 2.50. The maximum Gasteiger partial charge on any atom is 0.0749 e. The van der Waals surface area contributed by atoms with E-state index in [-0.39, 0.29) is 6.10 Å². The molecule has 0 aromatic heterocycles. The van der Waals surface area contributed by atoms with E-state index in [2.05, 4.69) is 13.8 Å². The SMILES string of the molecule is CCC1=CC(O)[C@H](C)CC1. The number of aliphatic hydroxyl groups excluding tert-OH is 1. The van der Waals surface area contributed by atoms with Crippen LogP contribution in [0.25, 0.3) is 0 Å². The van der Waals surface area contributed by atoms with Crippen molar-refractivity contribution < 1.29 is 5.11 Å². The van der Waals surface area contributed by atoms with Crippen LogP contribution in [0.1, 0.15) is 33.1 Å². The molecule has 1 rings (SSSR count). The molecule has 0 aliphatic heterocycles. The lowest BCUT2D eigenvalue weighted by Gasteiger charge is -2.22. The van der Waals surface area contributed by atoms with E-state index < -0.39 is 0 Å². The van der Waals surface area contributed by atoms with Gasteiger partial charge < -0.3 is 5.11 Å². The second kappa shape index (κ2) is 3.20. The highest BCUT2D eigenvalue weighted by atomic mass is 16.3. The summed E-state index contributed by atoms with van der Waals surface area (Å²) in [4.78, 5) is 0. The van der Waals surface area contributed by atoms with Gasteiger partial charge in [-0.1, -0.05) is 25.5 Å². The largest absolute Gasteiger partial charge is 0.389 e. The minimum absolute atomic E-state index is 0.177. The monoisotopic (exact) mass is 140 g/mol. The van der Waals surface area contributed by atoms with Crippen LogP contribution in [0.15, 0.2) is 11.6 Å². The molecule has 0 saturated carbocycles. The molecule has 0 spiro atoms. The van der Waals surface area contributed by atoms with Crippen molar-refractivity contribution in [2.45, 2.75) is 39.2 Å². The van der Waals surface area contributed by atoms with Crippen LogP contribution in [0, 0.1) is 5.92 Å². The molecule has 10 heavy (non-hydrogen) atoms. The minimum atomic E-state index is -0.177. The molecule has 1 heteroatoms. The smallest absolute Gasteiger partial charge is 0.0749 e. The van der Waals surface area contributed by atoms with E-state index in [4.69, 9.17) is 0 Å². The molecule has 0 fully saturated rings. The van der Waals surface area contributed by atoms with E-state index in [0.29, 0.717) is 5.92 Å². The molecular formula is C9H16O. The third kappa shape index (κ3) is 1.60. The Balaban J connectivity index is 2.56. The van der Waals surface area contributed by atoms with Crippen molar-refractivity contribution in [3.8, 4) is 0 Å². The summed E-state index contributed by atoms with van der Waals surface area (Å²) < 4.78 is 0.